The first-order chi connectivity index (χ1) is 9.65. The van der Waals surface area contributed by atoms with Crippen molar-refractivity contribution in [3.8, 4) is 5.75 Å². The van der Waals surface area contributed by atoms with Crippen molar-refractivity contribution in [2.45, 2.75) is 24.7 Å². The van der Waals surface area contributed by atoms with E-state index in [0.717, 1.165) is 16.0 Å². The monoisotopic (exact) mass is 350 g/mol. The molecule has 0 heterocycles. The fraction of sp³-hybridized carbons (Fsp3) is 0.294. The number of rotatable bonds is 6. The minimum Gasteiger partial charge on any atom is -0.493 e. The largest absolute Gasteiger partial charge is 0.493 e. The van der Waals surface area contributed by atoms with Crippen LogP contribution in [0.2, 0.25) is 0 Å². The first-order valence-electron chi connectivity index (χ1n) is 6.76. The molecule has 0 spiro atoms. The SMILES string of the molecule is CC(C)c1ccc(SCCOc2cccc(Br)c2)cc1. The Kier molecular flexibility index (Phi) is 5.99. The van der Waals surface area contributed by atoms with Crippen LogP contribution < -0.4 is 4.74 Å². The third kappa shape index (κ3) is 4.88. The van der Waals surface area contributed by atoms with Gasteiger partial charge >= 0.3 is 0 Å². The van der Waals surface area contributed by atoms with E-state index in [2.05, 4.69) is 54.0 Å². The van der Waals surface area contributed by atoms with Gasteiger partial charge in [0.25, 0.3) is 0 Å². The zero-order chi connectivity index (χ0) is 14.4. The molecule has 0 saturated carbocycles. The van der Waals surface area contributed by atoms with E-state index in [9.17, 15) is 0 Å². The maximum absolute atomic E-state index is 5.72. The number of benzene rings is 2. The van der Waals surface area contributed by atoms with Gasteiger partial charge in [-0.25, -0.2) is 0 Å². The summed E-state index contributed by atoms with van der Waals surface area (Å²) in [7, 11) is 0. The molecule has 2 aromatic rings. The highest BCUT2D eigenvalue weighted by molar-refractivity contribution is 9.10. The molecule has 0 aromatic heterocycles. The van der Waals surface area contributed by atoms with E-state index in [0.29, 0.717) is 12.5 Å². The van der Waals surface area contributed by atoms with Crippen molar-refractivity contribution < 1.29 is 4.74 Å². The van der Waals surface area contributed by atoms with Gasteiger partial charge in [-0.2, -0.15) is 0 Å². The Hall–Kier alpha value is -0.930. The van der Waals surface area contributed by atoms with Crippen LogP contribution in [-0.2, 0) is 0 Å². The number of thioether (sulfide) groups is 1. The second-order valence-corrected chi connectivity index (χ2v) is 6.96. The predicted octanol–water partition coefficient (Wildman–Crippen LogP) is 5.74. The first kappa shape index (κ1) is 15.5. The van der Waals surface area contributed by atoms with Crippen LogP contribution in [0.4, 0.5) is 0 Å². The van der Waals surface area contributed by atoms with Gasteiger partial charge < -0.3 is 4.74 Å². The number of hydrogen-bond acceptors (Lipinski definition) is 2. The van der Waals surface area contributed by atoms with Crippen molar-refractivity contribution in [2.24, 2.45) is 0 Å². The average Bonchev–Trinajstić information content (AvgIpc) is 2.44. The Labute approximate surface area is 133 Å². The standard InChI is InChI=1S/C17H19BrOS/c1-13(2)14-6-8-17(9-7-14)20-11-10-19-16-5-3-4-15(18)12-16/h3-9,12-13H,10-11H2,1-2H3. The highest BCUT2D eigenvalue weighted by Gasteiger charge is 2.00. The zero-order valence-corrected chi connectivity index (χ0v) is 14.2. The van der Waals surface area contributed by atoms with Crippen molar-refractivity contribution in [3.63, 3.8) is 0 Å². The third-order valence-electron chi connectivity index (χ3n) is 2.96. The summed E-state index contributed by atoms with van der Waals surface area (Å²) in [5.41, 5.74) is 1.39. The highest BCUT2D eigenvalue weighted by atomic mass is 79.9. The Morgan fingerprint density at radius 3 is 2.50 bits per heavy atom. The lowest BCUT2D eigenvalue weighted by Gasteiger charge is -2.08. The lowest BCUT2D eigenvalue weighted by Crippen LogP contribution is -1.99. The van der Waals surface area contributed by atoms with E-state index in [1.54, 1.807) is 0 Å². The summed E-state index contributed by atoms with van der Waals surface area (Å²) in [5, 5.41) is 0. The van der Waals surface area contributed by atoms with Crippen LogP contribution in [0.3, 0.4) is 0 Å². The molecule has 2 aromatic carbocycles. The Morgan fingerprint density at radius 2 is 1.85 bits per heavy atom. The van der Waals surface area contributed by atoms with E-state index < -0.39 is 0 Å². The van der Waals surface area contributed by atoms with Gasteiger partial charge in [0, 0.05) is 15.1 Å². The number of hydrogen-bond donors (Lipinski definition) is 0. The zero-order valence-electron chi connectivity index (χ0n) is 11.8. The molecule has 2 rings (SSSR count). The fourth-order valence-electron chi connectivity index (χ4n) is 1.82. The van der Waals surface area contributed by atoms with Crippen LogP contribution in [-0.4, -0.2) is 12.4 Å². The number of ether oxygens (including phenoxy) is 1. The third-order valence-corrected chi connectivity index (χ3v) is 4.43. The summed E-state index contributed by atoms with van der Waals surface area (Å²) in [6.07, 6.45) is 0. The summed E-state index contributed by atoms with van der Waals surface area (Å²) in [5.74, 6) is 2.46. The Bertz CT molecular complexity index is 537. The van der Waals surface area contributed by atoms with Gasteiger partial charge in [0.1, 0.15) is 5.75 Å². The minimum atomic E-state index is 0.592. The predicted molar refractivity (Wildman–Crippen MR) is 90.9 cm³/mol. The van der Waals surface area contributed by atoms with E-state index >= 15 is 0 Å². The van der Waals surface area contributed by atoms with Gasteiger partial charge in [-0.1, -0.05) is 48.0 Å². The van der Waals surface area contributed by atoms with Crippen molar-refractivity contribution >= 4 is 27.7 Å². The molecule has 0 radical (unpaired) electrons. The molecule has 0 saturated heterocycles. The van der Waals surface area contributed by atoms with Crippen LogP contribution in [0.1, 0.15) is 25.3 Å². The topological polar surface area (TPSA) is 9.23 Å². The average molecular weight is 351 g/mol. The summed E-state index contributed by atoms with van der Waals surface area (Å²) >= 11 is 5.27. The van der Waals surface area contributed by atoms with Gasteiger partial charge in [-0.3, -0.25) is 0 Å². The molecule has 0 fully saturated rings. The molecular weight excluding hydrogens is 332 g/mol. The van der Waals surface area contributed by atoms with Crippen molar-refractivity contribution in [2.75, 3.05) is 12.4 Å². The number of halogens is 1. The summed E-state index contributed by atoms with van der Waals surface area (Å²) in [6, 6.07) is 16.8. The summed E-state index contributed by atoms with van der Waals surface area (Å²) < 4.78 is 6.77. The summed E-state index contributed by atoms with van der Waals surface area (Å²) in [6.45, 7) is 5.15. The highest BCUT2D eigenvalue weighted by Crippen LogP contribution is 2.22. The molecule has 20 heavy (non-hydrogen) atoms. The molecule has 1 nitrogen and oxygen atoms in total. The van der Waals surface area contributed by atoms with Crippen LogP contribution in [0.25, 0.3) is 0 Å². The Balaban J connectivity index is 1.75. The van der Waals surface area contributed by atoms with Gasteiger partial charge in [0.05, 0.1) is 6.61 Å². The van der Waals surface area contributed by atoms with Crippen LogP contribution >= 0.6 is 27.7 Å². The van der Waals surface area contributed by atoms with Crippen LogP contribution in [0, 0.1) is 0 Å². The molecule has 0 aliphatic heterocycles. The van der Waals surface area contributed by atoms with Crippen molar-refractivity contribution in [3.05, 3.63) is 58.6 Å². The second-order valence-electron chi connectivity index (χ2n) is 4.88. The lowest BCUT2D eigenvalue weighted by molar-refractivity contribution is 0.344. The molecule has 0 bridgehead atoms. The molecule has 0 amide bonds. The normalized spacial score (nSPS) is 10.8. The molecule has 0 aliphatic rings. The van der Waals surface area contributed by atoms with E-state index in [1.807, 2.05) is 36.0 Å². The van der Waals surface area contributed by atoms with Crippen LogP contribution in [0.5, 0.6) is 5.75 Å². The van der Waals surface area contributed by atoms with Crippen molar-refractivity contribution in [1.29, 1.82) is 0 Å². The Morgan fingerprint density at radius 1 is 1.10 bits per heavy atom. The van der Waals surface area contributed by atoms with Gasteiger partial charge in [-0.15, -0.1) is 11.8 Å². The van der Waals surface area contributed by atoms with Gasteiger partial charge in [0.15, 0.2) is 0 Å². The van der Waals surface area contributed by atoms with E-state index in [-0.39, 0.29) is 0 Å². The molecule has 0 atom stereocenters. The lowest BCUT2D eigenvalue weighted by atomic mass is 10.0. The molecule has 0 N–H and O–H groups in total. The first-order valence-corrected chi connectivity index (χ1v) is 8.54. The van der Waals surface area contributed by atoms with Gasteiger partial charge in [0.2, 0.25) is 0 Å². The maximum Gasteiger partial charge on any atom is 0.120 e. The van der Waals surface area contributed by atoms with E-state index in [4.69, 9.17) is 4.74 Å². The van der Waals surface area contributed by atoms with E-state index in [1.165, 1.54) is 10.5 Å². The smallest absolute Gasteiger partial charge is 0.120 e. The fourth-order valence-corrected chi connectivity index (χ4v) is 2.93. The van der Waals surface area contributed by atoms with Crippen LogP contribution in [0.15, 0.2) is 57.9 Å². The second kappa shape index (κ2) is 7.75. The summed E-state index contributed by atoms with van der Waals surface area (Å²) in [4.78, 5) is 1.30. The van der Waals surface area contributed by atoms with Gasteiger partial charge in [-0.05, 0) is 41.8 Å². The molecule has 106 valence electrons. The quantitative estimate of drug-likeness (QED) is 0.484. The molecule has 0 aliphatic carbocycles. The van der Waals surface area contributed by atoms with Crippen molar-refractivity contribution in [1.82, 2.24) is 0 Å². The molecular formula is C17H19BrOS. The molecule has 0 unspecified atom stereocenters. The minimum absolute atomic E-state index is 0.592. The maximum atomic E-state index is 5.72. The molecule has 3 heteroatoms.